The van der Waals surface area contributed by atoms with E-state index in [4.69, 9.17) is 0 Å². The van der Waals surface area contributed by atoms with Gasteiger partial charge in [0.15, 0.2) is 0 Å². The molecule has 6 heteroatoms. The predicted octanol–water partition coefficient (Wildman–Crippen LogP) is 2.96. The van der Waals surface area contributed by atoms with Gasteiger partial charge in [-0.1, -0.05) is 32.0 Å². The number of nitrogens with one attached hydrogen (secondary N) is 2. The number of amides is 2. The Morgan fingerprint density at radius 1 is 1.24 bits per heavy atom. The normalized spacial score (nSPS) is 16.4. The number of aromatic nitrogens is 1. The van der Waals surface area contributed by atoms with E-state index in [0.29, 0.717) is 17.3 Å². The number of nitrogens with zero attached hydrogens (tertiary/aromatic N) is 2. The molecule has 1 aromatic heterocycles. The summed E-state index contributed by atoms with van der Waals surface area (Å²) < 4.78 is 0. The average Bonchev–Trinajstić information content (AvgIpc) is 2.59. The number of anilines is 2. The number of hydrogen-bond donors (Lipinski definition) is 2. The lowest BCUT2D eigenvalue weighted by Crippen LogP contribution is -2.52. The van der Waals surface area contributed by atoms with Crippen molar-refractivity contribution in [2.24, 2.45) is 5.92 Å². The van der Waals surface area contributed by atoms with Crippen LogP contribution >= 0.6 is 0 Å². The zero-order valence-corrected chi connectivity index (χ0v) is 14.4. The van der Waals surface area contributed by atoms with Crippen LogP contribution in [0, 0.1) is 5.92 Å². The van der Waals surface area contributed by atoms with E-state index in [1.54, 1.807) is 35.4 Å². The van der Waals surface area contributed by atoms with E-state index >= 15 is 0 Å². The van der Waals surface area contributed by atoms with Gasteiger partial charge in [0.1, 0.15) is 18.5 Å². The lowest BCUT2D eigenvalue weighted by atomic mass is 10.0. The van der Waals surface area contributed by atoms with Crippen molar-refractivity contribution in [3.8, 4) is 0 Å². The summed E-state index contributed by atoms with van der Waals surface area (Å²) in [4.78, 5) is 31.0. The minimum absolute atomic E-state index is 0.0197. The van der Waals surface area contributed by atoms with E-state index in [9.17, 15) is 9.59 Å². The highest BCUT2D eigenvalue weighted by Gasteiger charge is 2.33. The molecule has 1 atom stereocenters. The SMILES string of the molecule is CC(C)C[C@H]1Nc2ccccc2C(=O)N1CC(=O)Nc1ccccn1. The Morgan fingerprint density at radius 2 is 2.00 bits per heavy atom. The standard InChI is InChI=1S/C19H22N4O2/c1-13(2)11-17-21-15-8-4-3-7-14(15)19(25)23(17)12-18(24)22-16-9-5-6-10-20-16/h3-10,13,17,21H,11-12H2,1-2H3,(H,20,22,24)/t17-/m0/s1. The van der Waals surface area contributed by atoms with Gasteiger partial charge in [-0.3, -0.25) is 9.59 Å². The average molecular weight is 338 g/mol. The Hall–Kier alpha value is -2.89. The molecule has 0 saturated heterocycles. The third kappa shape index (κ3) is 3.96. The molecule has 0 unspecified atom stereocenters. The van der Waals surface area contributed by atoms with Crippen LogP contribution in [-0.4, -0.2) is 34.4 Å². The number of para-hydroxylation sites is 1. The molecule has 2 amide bonds. The number of hydrogen-bond acceptors (Lipinski definition) is 4. The molecule has 1 aliphatic rings. The first-order chi connectivity index (χ1) is 12.0. The Bertz CT molecular complexity index is 761. The second kappa shape index (κ2) is 7.34. The summed E-state index contributed by atoms with van der Waals surface area (Å²) >= 11 is 0. The molecule has 0 bridgehead atoms. The van der Waals surface area contributed by atoms with E-state index in [1.807, 2.05) is 18.2 Å². The van der Waals surface area contributed by atoms with Crippen molar-refractivity contribution in [2.45, 2.75) is 26.4 Å². The quantitative estimate of drug-likeness (QED) is 0.879. The largest absolute Gasteiger partial charge is 0.364 e. The summed E-state index contributed by atoms with van der Waals surface area (Å²) in [6, 6.07) is 12.7. The summed E-state index contributed by atoms with van der Waals surface area (Å²) in [5.74, 6) is 0.473. The fourth-order valence-electron chi connectivity index (χ4n) is 2.94. The van der Waals surface area contributed by atoms with E-state index in [-0.39, 0.29) is 24.5 Å². The zero-order chi connectivity index (χ0) is 17.8. The maximum Gasteiger partial charge on any atom is 0.258 e. The molecule has 2 aromatic rings. The Kier molecular flexibility index (Phi) is 4.97. The summed E-state index contributed by atoms with van der Waals surface area (Å²) in [5.41, 5.74) is 1.41. The van der Waals surface area contributed by atoms with Gasteiger partial charge in [0.2, 0.25) is 5.91 Å². The first-order valence-corrected chi connectivity index (χ1v) is 8.42. The number of pyridine rings is 1. The highest BCUT2D eigenvalue weighted by atomic mass is 16.2. The lowest BCUT2D eigenvalue weighted by molar-refractivity contribution is -0.117. The Balaban J connectivity index is 1.79. The van der Waals surface area contributed by atoms with Crippen LogP contribution in [0.4, 0.5) is 11.5 Å². The lowest BCUT2D eigenvalue weighted by Gasteiger charge is -2.38. The van der Waals surface area contributed by atoms with E-state index < -0.39 is 0 Å². The van der Waals surface area contributed by atoms with Crippen molar-refractivity contribution in [1.29, 1.82) is 0 Å². The summed E-state index contributed by atoms with van der Waals surface area (Å²) in [6.07, 6.45) is 2.16. The minimum Gasteiger partial charge on any atom is -0.364 e. The number of carbonyl (C=O) groups is 2. The van der Waals surface area contributed by atoms with Gasteiger partial charge in [-0.15, -0.1) is 0 Å². The van der Waals surface area contributed by atoms with Crippen LogP contribution in [0.15, 0.2) is 48.7 Å². The van der Waals surface area contributed by atoms with Crippen molar-refractivity contribution < 1.29 is 9.59 Å². The van der Waals surface area contributed by atoms with Crippen LogP contribution in [0.1, 0.15) is 30.6 Å². The van der Waals surface area contributed by atoms with Crippen LogP contribution in [0.25, 0.3) is 0 Å². The molecule has 25 heavy (non-hydrogen) atoms. The van der Waals surface area contributed by atoms with Gasteiger partial charge in [-0.2, -0.15) is 0 Å². The molecule has 0 radical (unpaired) electrons. The summed E-state index contributed by atoms with van der Waals surface area (Å²) in [5, 5.41) is 6.12. The third-order valence-electron chi connectivity index (χ3n) is 4.06. The van der Waals surface area contributed by atoms with Crippen LogP contribution in [0.5, 0.6) is 0 Å². The molecule has 0 fully saturated rings. The number of rotatable bonds is 5. The molecule has 2 N–H and O–H groups in total. The van der Waals surface area contributed by atoms with E-state index in [0.717, 1.165) is 12.1 Å². The second-order valence-corrected chi connectivity index (χ2v) is 6.53. The molecule has 0 aliphatic carbocycles. The van der Waals surface area contributed by atoms with Crippen molar-refractivity contribution in [1.82, 2.24) is 9.88 Å². The first-order valence-electron chi connectivity index (χ1n) is 8.42. The topological polar surface area (TPSA) is 74.3 Å². The Morgan fingerprint density at radius 3 is 2.72 bits per heavy atom. The zero-order valence-electron chi connectivity index (χ0n) is 14.4. The van der Waals surface area contributed by atoms with Crippen LogP contribution in [0.3, 0.4) is 0 Å². The molecule has 0 saturated carbocycles. The molecule has 0 spiro atoms. The maximum atomic E-state index is 12.9. The summed E-state index contributed by atoms with van der Waals surface area (Å²) in [6.45, 7) is 4.17. The van der Waals surface area contributed by atoms with E-state index in [1.165, 1.54) is 0 Å². The second-order valence-electron chi connectivity index (χ2n) is 6.53. The van der Waals surface area contributed by atoms with Gasteiger partial charge >= 0.3 is 0 Å². The number of carbonyl (C=O) groups excluding carboxylic acids is 2. The molecule has 3 rings (SSSR count). The van der Waals surface area contributed by atoms with Gasteiger partial charge in [0.05, 0.1) is 5.56 Å². The van der Waals surface area contributed by atoms with Crippen molar-refractivity contribution >= 4 is 23.3 Å². The first kappa shape index (κ1) is 17.0. The number of benzene rings is 1. The van der Waals surface area contributed by atoms with Crippen molar-refractivity contribution in [3.05, 3.63) is 54.2 Å². The smallest absolute Gasteiger partial charge is 0.258 e. The highest BCUT2D eigenvalue weighted by molar-refractivity contribution is 6.04. The van der Waals surface area contributed by atoms with Gasteiger partial charge < -0.3 is 15.5 Å². The van der Waals surface area contributed by atoms with Crippen molar-refractivity contribution in [3.63, 3.8) is 0 Å². The van der Waals surface area contributed by atoms with Crippen LogP contribution in [0.2, 0.25) is 0 Å². The molecule has 2 heterocycles. The van der Waals surface area contributed by atoms with Gasteiger partial charge in [0, 0.05) is 11.9 Å². The fourth-order valence-corrected chi connectivity index (χ4v) is 2.94. The highest BCUT2D eigenvalue weighted by Crippen LogP contribution is 2.27. The number of fused-ring (bicyclic) bond motifs is 1. The molecule has 130 valence electrons. The minimum atomic E-state index is -0.262. The molecular weight excluding hydrogens is 316 g/mol. The van der Waals surface area contributed by atoms with Crippen LogP contribution < -0.4 is 10.6 Å². The van der Waals surface area contributed by atoms with Gasteiger partial charge in [-0.25, -0.2) is 4.98 Å². The predicted molar refractivity (Wildman–Crippen MR) is 97.2 cm³/mol. The summed E-state index contributed by atoms with van der Waals surface area (Å²) in [7, 11) is 0. The van der Waals surface area contributed by atoms with E-state index in [2.05, 4.69) is 29.5 Å². The maximum absolute atomic E-state index is 12.9. The van der Waals surface area contributed by atoms with Gasteiger partial charge in [0.25, 0.3) is 5.91 Å². The molecular formula is C19H22N4O2. The van der Waals surface area contributed by atoms with Gasteiger partial charge in [-0.05, 0) is 36.6 Å². The Labute approximate surface area is 147 Å². The molecule has 6 nitrogen and oxygen atoms in total. The monoisotopic (exact) mass is 338 g/mol. The van der Waals surface area contributed by atoms with Crippen molar-refractivity contribution in [2.75, 3.05) is 17.2 Å². The fraction of sp³-hybridized carbons (Fsp3) is 0.316. The molecule has 1 aliphatic heterocycles. The third-order valence-corrected chi connectivity index (χ3v) is 4.06. The molecule has 1 aromatic carbocycles. The van der Waals surface area contributed by atoms with Crippen LogP contribution in [-0.2, 0) is 4.79 Å².